The van der Waals surface area contributed by atoms with E-state index in [0.29, 0.717) is 25.2 Å². The highest BCUT2D eigenvalue weighted by atomic mass is 16.5. The Morgan fingerprint density at radius 2 is 2.31 bits per heavy atom. The molecule has 0 bridgehead atoms. The van der Waals surface area contributed by atoms with Gasteiger partial charge in [0, 0.05) is 25.7 Å². The van der Waals surface area contributed by atoms with Crippen LogP contribution in [0.3, 0.4) is 0 Å². The maximum Gasteiger partial charge on any atom is 0.0701 e. The van der Waals surface area contributed by atoms with Crippen LogP contribution in [-0.2, 0) is 14.2 Å². The zero-order valence-electron chi connectivity index (χ0n) is 10.5. The van der Waals surface area contributed by atoms with Crippen LogP contribution in [-0.4, -0.2) is 52.7 Å². The highest BCUT2D eigenvalue weighted by molar-refractivity contribution is 4.79. The third kappa shape index (κ3) is 5.25. The monoisotopic (exact) mass is 231 g/mol. The summed E-state index contributed by atoms with van der Waals surface area (Å²) in [5.41, 5.74) is 0. The van der Waals surface area contributed by atoms with Crippen molar-refractivity contribution >= 4 is 0 Å². The van der Waals surface area contributed by atoms with E-state index < -0.39 is 0 Å². The molecule has 0 spiro atoms. The Balaban J connectivity index is 2.19. The Kier molecular flexibility index (Phi) is 7.76. The summed E-state index contributed by atoms with van der Waals surface area (Å²) in [5.74, 6) is 0.606. The minimum atomic E-state index is 0.430. The fourth-order valence-electron chi connectivity index (χ4n) is 1.91. The van der Waals surface area contributed by atoms with E-state index in [1.807, 2.05) is 0 Å². The van der Waals surface area contributed by atoms with Gasteiger partial charge in [0.15, 0.2) is 0 Å². The SMILES string of the molecule is CCCNC(COCCOC)C1CCOC1. The molecule has 1 saturated heterocycles. The van der Waals surface area contributed by atoms with E-state index in [1.165, 1.54) is 0 Å². The number of nitrogens with one attached hydrogen (secondary N) is 1. The van der Waals surface area contributed by atoms with Crippen molar-refractivity contribution in [3.05, 3.63) is 0 Å². The summed E-state index contributed by atoms with van der Waals surface area (Å²) in [4.78, 5) is 0. The number of ether oxygens (including phenoxy) is 3. The number of hydrogen-bond acceptors (Lipinski definition) is 4. The standard InChI is InChI=1S/C12H25NO3/c1-3-5-13-12(10-16-8-7-14-2)11-4-6-15-9-11/h11-13H,3-10H2,1-2H3. The molecule has 0 amide bonds. The van der Waals surface area contributed by atoms with Crippen molar-refractivity contribution in [3.63, 3.8) is 0 Å². The summed E-state index contributed by atoms with van der Waals surface area (Å²) in [6, 6.07) is 0.430. The minimum Gasteiger partial charge on any atom is -0.382 e. The molecule has 0 aromatic rings. The fraction of sp³-hybridized carbons (Fsp3) is 1.00. The van der Waals surface area contributed by atoms with Gasteiger partial charge in [-0.25, -0.2) is 0 Å². The van der Waals surface area contributed by atoms with Gasteiger partial charge in [-0.1, -0.05) is 6.92 Å². The predicted octanol–water partition coefficient (Wildman–Crippen LogP) is 1.05. The van der Waals surface area contributed by atoms with Crippen LogP contribution in [0.4, 0.5) is 0 Å². The van der Waals surface area contributed by atoms with Crippen molar-refractivity contribution in [2.45, 2.75) is 25.8 Å². The first-order valence-corrected chi connectivity index (χ1v) is 6.26. The lowest BCUT2D eigenvalue weighted by molar-refractivity contribution is 0.0472. The second-order valence-electron chi connectivity index (χ2n) is 4.25. The summed E-state index contributed by atoms with van der Waals surface area (Å²) in [7, 11) is 1.70. The molecule has 0 saturated carbocycles. The van der Waals surface area contributed by atoms with Gasteiger partial charge in [0.25, 0.3) is 0 Å². The molecule has 2 atom stereocenters. The van der Waals surface area contributed by atoms with Gasteiger partial charge >= 0.3 is 0 Å². The van der Waals surface area contributed by atoms with Crippen molar-refractivity contribution in [1.29, 1.82) is 0 Å². The van der Waals surface area contributed by atoms with Crippen LogP contribution in [0.1, 0.15) is 19.8 Å². The van der Waals surface area contributed by atoms with Gasteiger partial charge in [-0.05, 0) is 19.4 Å². The molecule has 1 aliphatic rings. The molecule has 0 aromatic heterocycles. The van der Waals surface area contributed by atoms with Crippen molar-refractivity contribution in [3.8, 4) is 0 Å². The summed E-state index contributed by atoms with van der Waals surface area (Å²) >= 11 is 0. The number of hydrogen-bond donors (Lipinski definition) is 1. The van der Waals surface area contributed by atoms with E-state index in [1.54, 1.807) is 7.11 Å². The van der Waals surface area contributed by atoms with Gasteiger partial charge in [-0.2, -0.15) is 0 Å². The Morgan fingerprint density at radius 1 is 1.44 bits per heavy atom. The van der Waals surface area contributed by atoms with Gasteiger partial charge in [-0.3, -0.25) is 0 Å². The van der Waals surface area contributed by atoms with Crippen LogP contribution >= 0.6 is 0 Å². The largest absolute Gasteiger partial charge is 0.382 e. The molecule has 4 heteroatoms. The zero-order valence-corrected chi connectivity index (χ0v) is 10.5. The summed E-state index contributed by atoms with van der Waals surface area (Å²) in [6.45, 7) is 7.10. The molecule has 0 aliphatic carbocycles. The average Bonchev–Trinajstić information content (AvgIpc) is 2.82. The van der Waals surface area contributed by atoms with E-state index in [0.717, 1.165) is 39.2 Å². The molecular formula is C12H25NO3. The predicted molar refractivity (Wildman–Crippen MR) is 63.7 cm³/mol. The van der Waals surface area contributed by atoms with E-state index in [-0.39, 0.29) is 0 Å². The van der Waals surface area contributed by atoms with Crippen LogP contribution in [0, 0.1) is 5.92 Å². The van der Waals surface area contributed by atoms with Crippen LogP contribution < -0.4 is 5.32 Å². The Hall–Kier alpha value is -0.160. The molecule has 1 aliphatic heterocycles. The number of methoxy groups -OCH3 is 1. The highest BCUT2D eigenvalue weighted by Crippen LogP contribution is 2.17. The molecule has 0 aromatic carbocycles. The second kappa shape index (κ2) is 8.93. The Bertz CT molecular complexity index is 160. The Labute approximate surface area is 98.6 Å². The molecule has 1 N–H and O–H groups in total. The third-order valence-corrected chi connectivity index (χ3v) is 2.92. The molecule has 96 valence electrons. The first kappa shape index (κ1) is 13.9. The molecule has 16 heavy (non-hydrogen) atoms. The lowest BCUT2D eigenvalue weighted by atomic mass is 9.99. The molecular weight excluding hydrogens is 206 g/mol. The van der Waals surface area contributed by atoms with Gasteiger partial charge in [-0.15, -0.1) is 0 Å². The summed E-state index contributed by atoms with van der Waals surface area (Å²) in [6.07, 6.45) is 2.30. The third-order valence-electron chi connectivity index (χ3n) is 2.92. The van der Waals surface area contributed by atoms with Crippen molar-refractivity contribution in [2.24, 2.45) is 5.92 Å². The highest BCUT2D eigenvalue weighted by Gasteiger charge is 2.25. The van der Waals surface area contributed by atoms with Crippen LogP contribution in [0.25, 0.3) is 0 Å². The maximum absolute atomic E-state index is 5.60. The Morgan fingerprint density at radius 3 is 2.94 bits per heavy atom. The van der Waals surface area contributed by atoms with Gasteiger partial charge < -0.3 is 19.5 Å². The average molecular weight is 231 g/mol. The van der Waals surface area contributed by atoms with Crippen molar-refractivity contribution in [2.75, 3.05) is 46.7 Å². The van der Waals surface area contributed by atoms with E-state index in [4.69, 9.17) is 14.2 Å². The van der Waals surface area contributed by atoms with E-state index >= 15 is 0 Å². The molecule has 4 nitrogen and oxygen atoms in total. The van der Waals surface area contributed by atoms with Crippen LogP contribution in [0.15, 0.2) is 0 Å². The normalized spacial score (nSPS) is 22.5. The lowest BCUT2D eigenvalue weighted by Gasteiger charge is -2.23. The smallest absolute Gasteiger partial charge is 0.0701 e. The van der Waals surface area contributed by atoms with Crippen molar-refractivity contribution in [1.82, 2.24) is 5.32 Å². The fourth-order valence-corrected chi connectivity index (χ4v) is 1.91. The zero-order chi connectivity index (χ0) is 11.6. The lowest BCUT2D eigenvalue weighted by Crippen LogP contribution is -2.41. The van der Waals surface area contributed by atoms with Gasteiger partial charge in [0.1, 0.15) is 0 Å². The minimum absolute atomic E-state index is 0.430. The summed E-state index contributed by atoms with van der Waals surface area (Å²) < 4.78 is 16.0. The van der Waals surface area contributed by atoms with Gasteiger partial charge in [0.2, 0.25) is 0 Å². The van der Waals surface area contributed by atoms with E-state index in [2.05, 4.69) is 12.2 Å². The molecule has 1 heterocycles. The number of rotatable bonds is 9. The first-order chi connectivity index (χ1) is 7.88. The quantitative estimate of drug-likeness (QED) is 0.602. The van der Waals surface area contributed by atoms with E-state index in [9.17, 15) is 0 Å². The molecule has 0 radical (unpaired) electrons. The molecule has 2 unspecified atom stereocenters. The molecule has 1 fully saturated rings. The second-order valence-corrected chi connectivity index (χ2v) is 4.25. The maximum atomic E-state index is 5.60. The van der Waals surface area contributed by atoms with Crippen molar-refractivity contribution < 1.29 is 14.2 Å². The van der Waals surface area contributed by atoms with Crippen LogP contribution in [0.5, 0.6) is 0 Å². The topological polar surface area (TPSA) is 39.7 Å². The summed E-state index contributed by atoms with van der Waals surface area (Å²) in [5, 5.41) is 3.54. The molecule has 1 rings (SSSR count). The van der Waals surface area contributed by atoms with Crippen LogP contribution in [0.2, 0.25) is 0 Å². The van der Waals surface area contributed by atoms with Gasteiger partial charge in [0.05, 0.1) is 26.4 Å². The first-order valence-electron chi connectivity index (χ1n) is 6.26.